The van der Waals surface area contributed by atoms with Gasteiger partial charge in [-0.15, -0.1) is 0 Å². The van der Waals surface area contributed by atoms with Gasteiger partial charge in [0, 0.05) is 29.1 Å². The maximum atomic E-state index is 13.2. The summed E-state index contributed by atoms with van der Waals surface area (Å²) in [7, 11) is 0. The fraction of sp³-hybridized carbons (Fsp3) is 0.538. The number of rotatable bonds is 3. The summed E-state index contributed by atoms with van der Waals surface area (Å²) in [6.45, 7) is 0.325. The van der Waals surface area contributed by atoms with Gasteiger partial charge in [0.2, 0.25) is 5.92 Å². The van der Waals surface area contributed by atoms with Gasteiger partial charge in [0.1, 0.15) is 5.75 Å². The molecule has 1 unspecified atom stereocenters. The summed E-state index contributed by atoms with van der Waals surface area (Å²) >= 11 is 3.32. The third-order valence-corrected chi connectivity index (χ3v) is 3.58. The summed E-state index contributed by atoms with van der Waals surface area (Å²) in [6.07, 6.45) is 1.31. The van der Waals surface area contributed by atoms with Crippen molar-refractivity contribution in [2.75, 3.05) is 12.3 Å². The fourth-order valence-corrected chi connectivity index (χ4v) is 2.79. The Kier molecular flexibility index (Phi) is 4.10. The van der Waals surface area contributed by atoms with Crippen LogP contribution in [0.2, 0.25) is 0 Å². The molecule has 0 bridgehead atoms. The smallest absolute Gasteiger partial charge is 0.248 e. The van der Waals surface area contributed by atoms with Crippen molar-refractivity contribution >= 4 is 21.6 Å². The van der Waals surface area contributed by atoms with Crippen molar-refractivity contribution in [2.24, 2.45) is 5.92 Å². The van der Waals surface area contributed by atoms with Gasteiger partial charge >= 0.3 is 0 Å². The predicted octanol–water partition coefficient (Wildman–Crippen LogP) is 4.24. The van der Waals surface area contributed by atoms with Gasteiger partial charge in [-0.05, 0) is 30.9 Å². The molecule has 1 aliphatic carbocycles. The maximum Gasteiger partial charge on any atom is 0.248 e. The van der Waals surface area contributed by atoms with Crippen LogP contribution in [-0.4, -0.2) is 12.5 Å². The Labute approximate surface area is 114 Å². The Hall–Kier alpha value is -0.840. The molecular weight excluding hydrogens is 304 g/mol. The minimum absolute atomic E-state index is 0.00728. The van der Waals surface area contributed by atoms with Crippen molar-refractivity contribution < 1.29 is 13.5 Å². The number of nitrogens with two attached hydrogens (primary N) is 1. The molecule has 1 fully saturated rings. The van der Waals surface area contributed by atoms with Gasteiger partial charge in [-0.3, -0.25) is 0 Å². The highest BCUT2D eigenvalue weighted by Crippen LogP contribution is 2.37. The SMILES string of the molecule is Nc1cc(Br)cc(OCC2CCCC(F)(F)C2)c1. The number of ether oxygens (including phenoxy) is 1. The van der Waals surface area contributed by atoms with Gasteiger partial charge in [-0.1, -0.05) is 15.9 Å². The summed E-state index contributed by atoms with van der Waals surface area (Å²) in [6, 6.07) is 5.25. The normalized spacial score (nSPS) is 22.7. The van der Waals surface area contributed by atoms with Crippen LogP contribution in [0.5, 0.6) is 5.75 Å². The van der Waals surface area contributed by atoms with Crippen LogP contribution in [0, 0.1) is 5.92 Å². The van der Waals surface area contributed by atoms with Crippen molar-refractivity contribution in [1.29, 1.82) is 0 Å². The average molecular weight is 320 g/mol. The quantitative estimate of drug-likeness (QED) is 0.846. The molecule has 0 amide bonds. The third-order valence-electron chi connectivity index (χ3n) is 3.12. The lowest BCUT2D eigenvalue weighted by atomic mass is 9.87. The number of hydrogen-bond donors (Lipinski definition) is 1. The monoisotopic (exact) mass is 319 g/mol. The second kappa shape index (κ2) is 5.43. The fourth-order valence-electron chi connectivity index (χ4n) is 2.30. The largest absolute Gasteiger partial charge is 0.493 e. The van der Waals surface area contributed by atoms with E-state index in [-0.39, 0.29) is 18.8 Å². The van der Waals surface area contributed by atoms with E-state index in [2.05, 4.69) is 15.9 Å². The molecule has 0 saturated heterocycles. The first kappa shape index (κ1) is 13.6. The zero-order chi connectivity index (χ0) is 13.2. The summed E-state index contributed by atoms with van der Waals surface area (Å²) in [5.41, 5.74) is 6.27. The molecule has 100 valence electrons. The molecule has 0 heterocycles. The minimum Gasteiger partial charge on any atom is -0.493 e. The predicted molar refractivity (Wildman–Crippen MR) is 71.0 cm³/mol. The lowest BCUT2D eigenvalue weighted by Crippen LogP contribution is -2.29. The Bertz CT molecular complexity index is 405. The zero-order valence-corrected chi connectivity index (χ0v) is 11.6. The molecule has 0 radical (unpaired) electrons. The van der Waals surface area contributed by atoms with Crippen molar-refractivity contribution in [1.82, 2.24) is 0 Å². The van der Waals surface area contributed by atoms with Gasteiger partial charge in [0.25, 0.3) is 0 Å². The van der Waals surface area contributed by atoms with Gasteiger partial charge < -0.3 is 10.5 Å². The Morgan fingerprint density at radius 3 is 2.83 bits per heavy atom. The van der Waals surface area contributed by atoms with Crippen LogP contribution in [0.4, 0.5) is 14.5 Å². The second-order valence-corrected chi connectivity index (χ2v) is 5.77. The Morgan fingerprint density at radius 1 is 1.39 bits per heavy atom. The van der Waals surface area contributed by atoms with E-state index in [0.717, 1.165) is 10.9 Å². The Balaban J connectivity index is 1.91. The molecule has 1 aliphatic rings. The average Bonchev–Trinajstić information content (AvgIpc) is 2.24. The first-order valence-corrected chi connectivity index (χ1v) is 6.81. The van der Waals surface area contributed by atoms with Crippen LogP contribution in [0.1, 0.15) is 25.7 Å². The molecule has 2 rings (SSSR count). The lowest BCUT2D eigenvalue weighted by Gasteiger charge is -2.28. The van der Waals surface area contributed by atoms with Crippen molar-refractivity contribution in [3.8, 4) is 5.75 Å². The first-order valence-electron chi connectivity index (χ1n) is 6.01. The van der Waals surface area contributed by atoms with Crippen LogP contribution >= 0.6 is 15.9 Å². The van der Waals surface area contributed by atoms with Gasteiger partial charge in [-0.2, -0.15) is 0 Å². The summed E-state index contributed by atoms with van der Waals surface area (Å²) in [5, 5.41) is 0. The van der Waals surface area contributed by atoms with Crippen LogP contribution in [0.15, 0.2) is 22.7 Å². The molecule has 1 saturated carbocycles. The number of benzene rings is 1. The maximum absolute atomic E-state index is 13.2. The minimum atomic E-state index is -2.53. The van der Waals surface area contributed by atoms with Gasteiger partial charge in [-0.25, -0.2) is 8.78 Å². The summed E-state index contributed by atoms with van der Waals surface area (Å²) < 4.78 is 32.8. The molecule has 0 aliphatic heterocycles. The van der Waals surface area contributed by atoms with Crippen LogP contribution in [-0.2, 0) is 0 Å². The topological polar surface area (TPSA) is 35.2 Å². The molecule has 0 aromatic heterocycles. The van der Waals surface area contributed by atoms with Gasteiger partial charge in [0.05, 0.1) is 6.61 Å². The number of anilines is 1. The molecule has 5 heteroatoms. The Morgan fingerprint density at radius 2 is 2.17 bits per heavy atom. The van der Waals surface area contributed by atoms with E-state index in [1.165, 1.54) is 0 Å². The molecule has 18 heavy (non-hydrogen) atoms. The zero-order valence-electron chi connectivity index (χ0n) is 9.96. The highest BCUT2D eigenvalue weighted by molar-refractivity contribution is 9.10. The van der Waals surface area contributed by atoms with E-state index < -0.39 is 5.92 Å². The van der Waals surface area contributed by atoms with Crippen LogP contribution in [0.25, 0.3) is 0 Å². The van der Waals surface area contributed by atoms with Crippen molar-refractivity contribution in [3.05, 3.63) is 22.7 Å². The molecule has 1 atom stereocenters. The molecule has 1 aromatic carbocycles. The third kappa shape index (κ3) is 3.83. The molecule has 1 aromatic rings. The summed E-state index contributed by atoms with van der Waals surface area (Å²) in [5.74, 6) is -1.98. The number of alkyl halides is 2. The van der Waals surface area contributed by atoms with E-state index in [0.29, 0.717) is 24.5 Å². The number of halogens is 3. The van der Waals surface area contributed by atoms with E-state index in [4.69, 9.17) is 10.5 Å². The lowest BCUT2D eigenvalue weighted by molar-refractivity contribution is -0.0585. The van der Waals surface area contributed by atoms with E-state index >= 15 is 0 Å². The van der Waals surface area contributed by atoms with Crippen molar-refractivity contribution in [2.45, 2.75) is 31.6 Å². The second-order valence-electron chi connectivity index (χ2n) is 4.85. The van der Waals surface area contributed by atoms with Crippen LogP contribution in [0.3, 0.4) is 0 Å². The molecule has 0 spiro atoms. The standard InChI is InChI=1S/C13H16BrF2NO/c14-10-4-11(17)6-12(5-10)18-8-9-2-1-3-13(15,16)7-9/h4-6,9H,1-3,7-8,17H2. The van der Waals surface area contributed by atoms with Crippen molar-refractivity contribution in [3.63, 3.8) is 0 Å². The van der Waals surface area contributed by atoms with Crippen LogP contribution < -0.4 is 10.5 Å². The highest BCUT2D eigenvalue weighted by atomic mass is 79.9. The van der Waals surface area contributed by atoms with Gasteiger partial charge in [0.15, 0.2) is 0 Å². The first-order chi connectivity index (χ1) is 8.44. The highest BCUT2D eigenvalue weighted by Gasteiger charge is 2.36. The number of nitrogen functional groups attached to an aromatic ring is 1. The van der Waals surface area contributed by atoms with E-state index in [1.807, 2.05) is 0 Å². The molecule has 2 N–H and O–H groups in total. The number of hydrogen-bond acceptors (Lipinski definition) is 2. The van der Waals surface area contributed by atoms with E-state index in [9.17, 15) is 8.78 Å². The summed E-state index contributed by atoms with van der Waals surface area (Å²) in [4.78, 5) is 0. The van der Waals surface area contributed by atoms with E-state index in [1.54, 1.807) is 18.2 Å². The molecule has 2 nitrogen and oxygen atoms in total. The molecular formula is C13H16BrF2NO.